The van der Waals surface area contributed by atoms with Gasteiger partial charge in [-0.15, -0.1) is 0 Å². The maximum atomic E-state index is 11.5. The molecule has 1 fully saturated rings. The summed E-state index contributed by atoms with van der Waals surface area (Å²) in [5.41, 5.74) is 5.64. The van der Waals surface area contributed by atoms with Crippen molar-refractivity contribution in [1.29, 1.82) is 0 Å². The van der Waals surface area contributed by atoms with Crippen molar-refractivity contribution in [3.63, 3.8) is 0 Å². The van der Waals surface area contributed by atoms with E-state index in [9.17, 15) is 4.79 Å². The highest BCUT2D eigenvalue weighted by atomic mass is 16.6. The number of carbonyl (C=O) groups excluding carboxylic acids is 1. The lowest BCUT2D eigenvalue weighted by Crippen LogP contribution is -2.47. The van der Waals surface area contributed by atoms with Crippen molar-refractivity contribution in [3.8, 4) is 0 Å². The fourth-order valence-corrected chi connectivity index (χ4v) is 1.83. The van der Waals surface area contributed by atoms with E-state index in [1.165, 1.54) is 12.8 Å². The Kier molecular flexibility index (Phi) is 4.07. The van der Waals surface area contributed by atoms with Crippen LogP contribution in [0, 0.1) is 11.3 Å². The van der Waals surface area contributed by atoms with Gasteiger partial charge in [0, 0.05) is 12.6 Å². The van der Waals surface area contributed by atoms with E-state index in [4.69, 9.17) is 10.5 Å². The van der Waals surface area contributed by atoms with Gasteiger partial charge in [-0.1, -0.05) is 13.8 Å². The van der Waals surface area contributed by atoms with Crippen molar-refractivity contribution in [2.45, 2.75) is 59.1 Å². The zero-order valence-electron chi connectivity index (χ0n) is 11.7. The van der Waals surface area contributed by atoms with Crippen molar-refractivity contribution >= 4 is 6.09 Å². The van der Waals surface area contributed by atoms with Gasteiger partial charge in [0.1, 0.15) is 5.60 Å². The van der Waals surface area contributed by atoms with E-state index in [1.54, 1.807) is 0 Å². The molecule has 1 aliphatic rings. The van der Waals surface area contributed by atoms with Crippen LogP contribution in [0.25, 0.3) is 0 Å². The molecule has 0 spiro atoms. The van der Waals surface area contributed by atoms with Gasteiger partial charge in [-0.2, -0.15) is 0 Å². The van der Waals surface area contributed by atoms with Crippen LogP contribution in [0.5, 0.6) is 0 Å². The summed E-state index contributed by atoms with van der Waals surface area (Å²) in [6, 6.07) is 0.150. The van der Waals surface area contributed by atoms with Crippen LogP contribution in [0.4, 0.5) is 4.79 Å². The summed E-state index contributed by atoms with van der Waals surface area (Å²) in [5.74, 6) is 0.630. The molecule has 0 heterocycles. The summed E-state index contributed by atoms with van der Waals surface area (Å²) in [6.07, 6.45) is 2.07. The molecule has 1 rings (SSSR count). The predicted octanol–water partition coefficient (Wildman–Crippen LogP) is 2.27. The minimum absolute atomic E-state index is 0.0852. The molecule has 1 saturated carbocycles. The van der Waals surface area contributed by atoms with Gasteiger partial charge in [0.05, 0.1) is 0 Å². The number of amides is 1. The quantitative estimate of drug-likeness (QED) is 0.795. The van der Waals surface area contributed by atoms with Crippen LogP contribution in [0.15, 0.2) is 0 Å². The minimum Gasteiger partial charge on any atom is -0.444 e. The number of carbonyl (C=O) groups is 1. The maximum Gasteiger partial charge on any atom is 0.407 e. The molecule has 0 radical (unpaired) electrons. The first-order valence-electron chi connectivity index (χ1n) is 6.34. The monoisotopic (exact) mass is 242 g/mol. The molecule has 4 nitrogen and oxygen atoms in total. The zero-order valence-corrected chi connectivity index (χ0v) is 11.7. The van der Waals surface area contributed by atoms with Gasteiger partial charge in [-0.3, -0.25) is 0 Å². The van der Waals surface area contributed by atoms with E-state index in [-0.39, 0.29) is 17.6 Å². The highest BCUT2D eigenvalue weighted by molar-refractivity contribution is 5.67. The summed E-state index contributed by atoms with van der Waals surface area (Å²) in [4.78, 5) is 11.5. The Morgan fingerprint density at radius 2 is 1.88 bits per heavy atom. The van der Waals surface area contributed by atoms with E-state index in [2.05, 4.69) is 19.2 Å². The molecule has 1 aliphatic carbocycles. The maximum absolute atomic E-state index is 11.5. The van der Waals surface area contributed by atoms with E-state index in [1.807, 2.05) is 20.8 Å². The number of nitrogens with two attached hydrogens (primary N) is 1. The highest BCUT2D eigenvalue weighted by Crippen LogP contribution is 2.38. The van der Waals surface area contributed by atoms with Crippen LogP contribution >= 0.6 is 0 Å². The summed E-state index contributed by atoms with van der Waals surface area (Å²) in [5, 5.41) is 2.80. The second kappa shape index (κ2) is 4.84. The SMILES string of the molecule is CC(C)(C)OC(=O)NCC(C)(C)C(N)C1CC1. The van der Waals surface area contributed by atoms with Crippen LogP contribution < -0.4 is 11.1 Å². The van der Waals surface area contributed by atoms with Crippen LogP contribution in [0.1, 0.15) is 47.5 Å². The number of hydrogen-bond acceptors (Lipinski definition) is 3. The molecule has 17 heavy (non-hydrogen) atoms. The average molecular weight is 242 g/mol. The molecule has 3 N–H and O–H groups in total. The lowest BCUT2D eigenvalue weighted by atomic mass is 9.82. The Hall–Kier alpha value is -0.770. The summed E-state index contributed by atoms with van der Waals surface area (Å²) in [7, 11) is 0. The van der Waals surface area contributed by atoms with Crippen molar-refractivity contribution in [2.75, 3.05) is 6.54 Å². The van der Waals surface area contributed by atoms with Crippen LogP contribution in [-0.2, 0) is 4.74 Å². The molecule has 0 saturated heterocycles. The fourth-order valence-electron chi connectivity index (χ4n) is 1.83. The number of ether oxygens (including phenoxy) is 1. The smallest absolute Gasteiger partial charge is 0.407 e. The lowest BCUT2D eigenvalue weighted by molar-refractivity contribution is 0.0498. The van der Waals surface area contributed by atoms with Crippen molar-refractivity contribution in [2.24, 2.45) is 17.1 Å². The summed E-state index contributed by atoms with van der Waals surface area (Å²) in [6.45, 7) is 10.3. The first kappa shape index (κ1) is 14.3. The Labute approximate surface area is 104 Å². The van der Waals surface area contributed by atoms with Crippen molar-refractivity contribution in [3.05, 3.63) is 0 Å². The van der Waals surface area contributed by atoms with Gasteiger partial charge in [0.25, 0.3) is 0 Å². The lowest BCUT2D eigenvalue weighted by Gasteiger charge is -2.32. The summed E-state index contributed by atoms with van der Waals surface area (Å²) < 4.78 is 5.20. The molecule has 0 aromatic heterocycles. The predicted molar refractivity (Wildman–Crippen MR) is 68.7 cm³/mol. The Morgan fingerprint density at radius 3 is 2.29 bits per heavy atom. The first-order chi connectivity index (χ1) is 7.62. The Bertz CT molecular complexity index is 278. The van der Waals surface area contributed by atoms with Gasteiger partial charge in [0.15, 0.2) is 0 Å². The molecule has 1 atom stereocenters. The van der Waals surface area contributed by atoms with E-state index in [0.29, 0.717) is 12.5 Å². The summed E-state index contributed by atoms with van der Waals surface area (Å²) >= 11 is 0. The number of alkyl carbamates (subject to hydrolysis) is 1. The van der Waals surface area contributed by atoms with Crippen molar-refractivity contribution < 1.29 is 9.53 Å². The highest BCUT2D eigenvalue weighted by Gasteiger charge is 2.38. The van der Waals surface area contributed by atoms with E-state index >= 15 is 0 Å². The molecule has 0 aromatic carbocycles. The molecule has 0 aliphatic heterocycles. The second-order valence-electron chi connectivity index (χ2n) is 6.71. The third kappa shape index (κ3) is 4.94. The zero-order chi connectivity index (χ0) is 13.3. The Balaban J connectivity index is 2.35. The molecule has 100 valence electrons. The standard InChI is InChI=1S/C13H26N2O2/c1-12(2,3)17-11(16)15-8-13(4,5)10(14)9-6-7-9/h9-10H,6-8,14H2,1-5H3,(H,15,16). The fraction of sp³-hybridized carbons (Fsp3) is 0.923. The largest absolute Gasteiger partial charge is 0.444 e. The molecule has 0 bridgehead atoms. The van der Waals surface area contributed by atoms with Crippen molar-refractivity contribution in [1.82, 2.24) is 5.32 Å². The third-order valence-corrected chi connectivity index (χ3v) is 3.12. The molecular formula is C13H26N2O2. The Morgan fingerprint density at radius 1 is 1.35 bits per heavy atom. The molecule has 4 heteroatoms. The van der Waals surface area contributed by atoms with Crippen LogP contribution in [0.3, 0.4) is 0 Å². The van der Waals surface area contributed by atoms with Gasteiger partial charge in [-0.25, -0.2) is 4.79 Å². The van der Waals surface area contributed by atoms with E-state index < -0.39 is 5.60 Å². The number of hydrogen-bond donors (Lipinski definition) is 2. The average Bonchev–Trinajstić information content (AvgIpc) is 2.94. The van der Waals surface area contributed by atoms with Gasteiger partial charge < -0.3 is 15.8 Å². The number of rotatable bonds is 4. The minimum atomic E-state index is -0.452. The van der Waals surface area contributed by atoms with Gasteiger partial charge in [-0.05, 0) is 44.9 Å². The first-order valence-corrected chi connectivity index (χ1v) is 6.34. The topological polar surface area (TPSA) is 64.3 Å². The molecular weight excluding hydrogens is 216 g/mol. The van der Waals surface area contributed by atoms with Gasteiger partial charge >= 0.3 is 6.09 Å². The third-order valence-electron chi connectivity index (χ3n) is 3.12. The number of nitrogens with one attached hydrogen (secondary N) is 1. The van der Waals surface area contributed by atoms with Gasteiger partial charge in [0.2, 0.25) is 0 Å². The van der Waals surface area contributed by atoms with Crippen LogP contribution in [-0.4, -0.2) is 24.3 Å². The second-order valence-corrected chi connectivity index (χ2v) is 6.71. The molecule has 0 aromatic rings. The van der Waals surface area contributed by atoms with Crippen LogP contribution in [0.2, 0.25) is 0 Å². The normalized spacial score (nSPS) is 18.7. The van der Waals surface area contributed by atoms with E-state index in [0.717, 1.165) is 0 Å². The molecule has 1 unspecified atom stereocenters. The molecule has 1 amide bonds.